The first-order chi connectivity index (χ1) is 14.5. The summed E-state index contributed by atoms with van der Waals surface area (Å²) in [5.74, 6) is -1.51. The van der Waals surface area contributed by atoms with Gasteiger partial charge in [-0.1, -0.05) is 42.5 Å². The topological polar surface area (TPSA) is 108 Å². The zero-order valence-corrected chi connectivity index (χ0v) is 16.5. The molecule has 2 aromatic carbocycles. The van der Waals surface area contributed by atoms with E-state index < -0.39 is 24.0 Å². The Kier molecular flexibility index (Phi) is 6.81. The summed E-state index contributed by atoms with van der Waals surface area (Å²) in [5, 5.41) is 14.7. The number of ether oxygens (including phenoxy) is 1. The number of carbonyl (C=O) groups excluding carboxylic acids is 3. The quantitative estimate of drug-likeness (QED) is 0.689. The lowest BCUT2D eigenvalue weighted by atomic mass is 10.00. The number of nitriles is 1. The van der Waals surface area contributed by atoms with Gasteiger partial charge in [-0.2, -0.15) is 5.26 Å². The van der Waals surface area contributed by atoms with E-state index in [0.29, 0.717) is 18.5 Å². The largest absolute Gasteiger partial charge is 0.452 e. The van der Waals surface area contributed by atoms with Gasteiger partial charge in [-0.05, 0) is 43.4 Å². The van der Waals surface area contributed by atoms with Crippen molar-refractivity contribution >= 4 is 23.5 Å². The molecule has 1 aliphatic rings. The van der Waals surface area contributed by atoms with E-state index in [4.69, 9.17) is 4.74 Å². The molecule has 0 spiro atoms. The van der Waals surface area contributed by atoms with E-state index in [9.17, 15) is 19.6 Å². The van der Waals surface area contributed by atoms with Crippen LogP contribution in [0, 0.1) is 11.3 Å². The fourth-order valence-corrected chi connectivity index (χ4v) is 3.50. The van der Waals surface area contributed by atoms with E-state index in [0.717, 1.165) is 18.4 Å². The average Bonchev–Trinajstić information content (AvgIpc) is 3.22. The van der Waals surface area contributed by atoms with Crippen LogP contribution in [0.5, 0.6) is 0 Å². The van der Waals surface area contributed by atoms with Gasteiger partial charge in [0.1, 0.15) is 5.54 Å². The predicted molar refractivity (Wildman–Crippen MR) is 110 cm³/mol. The lowest BCUT2D eigenvalue weighted by Crippen LogP contribution is -2.46. The van der Waals surface area contributed by atoms with Gasteiger partial charge in [0.05, 0.1) is 23.7 Å². The molecule has 1 aliphatic carbocycles. The number of benzene rings is 2. The number of carbonyl (C=O) groups is 3. The maximum Gasteiger partial charge on any atom is 0.340 e. The van der Waals surface area contributed by atoms with Gasteiger partial charge < -0.3 is 15.4 Å². The average molecular weight is 405 g/mol. The minimum atomic E-state index is -0.868. The molecule has 30 heavy (non-hydrogen) atoms. The Bertz CT molecular complexity index is 960. The summed E-state index contributed by atoms with van der Waals surface area (Å²) in [6.45, 7) is -0.492. The fourth-order valence-electron chi connectivity index (χ4n) is 3.50. The van der Waals surface area contributed by atoms with Gasteiger partial charge in [-0.3, -0.25) is 9.59 Å². The molecule has 0 aliphatic heterocycles. The van der Waals surface area contributed by atoms with Crippen LogP contribution in [-0.2, 0) is 20.7 Å². The van der Waals surface area contributed by atoms with Crippen LogP contribution in [0.2, 0.25) is 0 Å². The fraction of sp³-hybridized carbons (Fsp3) is 0.304. The van der Waals surface area contributed by atoms with E-state index in [1.54, 1.807) is 18.2 Å². The highest BCUT2D eigenvalue weighted by molar-refractivity contribution is 6.02. The minimum Gasteiger partial charge on any atom is -0.452 e. The number of esters is 1. The molecule has 0 aromatic heterocycles. The molecule has 154 valence electrons. The van der Waals surface area contributed by atoms with Crippen molar-refractivity contribution in [2.24, 2.45) is 0 Å². The van der Waals surface area contributed by atoms with Gasteiger partial charge in [-0.25, -0.2) is 4.79 Å². The first kappa shape index (κ1) is 21.1. The molecule has 2 N–H and O–H groups in total. The van der Waals surface area contributed by atoms with E-state index in [-0.39, 0.29) is 17.9 Å². The van der Waals surface area contributed by atoms with Crippen LogP contribution >= 0.6 is 0 Å². The SMILES string of the molecule is N#CC1(NC(=O)COC(=O)c2ccccc2NC(=O)Cc2ccccc2)CCCC1. The normalized spacial score (nSPS) is 14.4. The van der Waals surface area contributed by atoms with Crippen LogP contribution in [0.4, 0.5) is 5.69 Å². The molecular formula is C23H23N3O4. The third kappa shape index (κ3) is 5.45. The lowest BCUT2D eigenvalue weighted by molar-refractivity contribution is -0.125. The number of hydrogen-bond acceptors (Lipinski definition) is 5. The molecule has 0 atom stereocenters. The van der Waals surface area contributed by atoms with Crippen molar-refractivity contribution < 1.29 is 19.1 Å². The summed E-state index contributed by atoms with van der Waals surface area (Å²) in [6.07, 6.45) is 3.12. The first-order valence-corrected chi connectivity index (χ1v) is 9.83. The Labute approximate surface area is 175 Å². The third-order valence-corrected chi connectivity index (χ3v) is 5.01. The van der Waals surface area contributed by atoms with E-state index in [1.165, 1.54) is 6.07 Å². The lowest BCUT2D eigenvalue weighted by Gasteiger charge is -2.21. The Morgan fingerprint density at radius 3 is 2.33 bits per heavy atom. The number of nitrogens with one attached hydrogen (secondary N) is 2. The van der Waals surface area contributed by atoms with Crippen molar-refractivity contribution in [3.8, 4) is 6.07 Å². The number of amides is 2. The molecule has 1 saturated carbocycles. The van der Waals surface area contributed by atoms with Crippen molar-refractivity contribution in [1.29, 1.82) is 5.26 Å². The number of rotatable bonds is 7. The molecule has 3 rings (SSSR count). The summed E-state index contributed by atoms with van der Waals surface area (Å²) in [4.78, 5) is 37.0. The minimum absolute atomic E-state index is 0.155. The first-order valence-electron chi connectivity index (χ1n) is 9.83. The standard InChI is InChI=1S/C23H23N3O4/c24-16-23(12-6-7-13-23)26-21(28)15-30-22(29)18-10-4-5-11-19(18)25-20(27)14-17-8-2-1-3-9-17/h1-5,8-11H,6-7,12-15H2,(H,25,27)(H,26,28). The molecule has 2 aromatic rings. The van der Waals surface area contributed by atoms with Crippen molar-refractivity contribution in [2.75, 3.05) is 11.9 Å². The number of nitrogens with zero attached hydrogens (tertiary/aromatic N) is 1. The molecule has 1 fully saturated rings. The van der Waals surface area contributed by atoms with Crippen molar-refractivity contribution in [3.63, 3.8) is 0 Å². The van der Waals surface area contributed by atoms with Crippen LogP contribution < -0.4 is 10.6 Å². The molecule has 7 nitrogen and oxygen atoms in total. The monoisotopic (exact) mass is 405 g/mol. The van der Waals surface area contributed by atoms with E-state index in [1.807, 2.05) is 30.3 Å². The molecule has 0 radical (unpaired) electrons. The van der Waals surface area contributed by atoms with Crippen LogP contribution in [0.25, 0.3) is 0 Å². The van der Waals surface area contributed by atoms with Crippen molar-refractivity contribution in [1.82, 2.24) is 5.32 Å². The summed E-state index contributed by atoms with van der Waals surface area (Å²) in [7, 11) is 0. The van der Waals surface area contributed by atoms with Gasteiger partial charge in [0, 0.05) is 0 Å². The summed E-state index contributed by atoms with van der Waals surface area (Å²) >= 11 is 0. The zero-order chi connectivity index (χ0) is 21.4. The molecule has 2 amide bonds. The summed E-state index contributed by atoms with van der Waals surface area (Å²) in [6, 6.07) is 17.9. The second-order valence-electron chi connectivity index (χ2n) is 7.28. The highest BCUT2D eigenvalue weighted by Crippen LogP contribution is 2.28. The summed E-state index contributed by atoms with van der Waals surface area (Å²) in [5.41, 5.74) is 0.452. The van der Waals surface area contributed by atoms with Gasteiger partial charge in [0.2, 0.25) is 5.91 Å². The summed E-state index contributed by atoms with van der Waals surface area (Å²) < 4.78 is 5.12. The molecular weight excluding hydrogens is 382 g/mol. The van der Waals surface area contributed by atoms with Crippen molar-refractivity contribution in [2.45, 2.75) is 37.6 Å². The smallest absolute Gasteiger partial charge is 0.340 e. The Morgan fingerprint density at radius 1 is 0.967 bits per heavy atom. The van der Waals surface area contributed by atoms with E-state index >= 15 is 0 Å². The second kappa shape index (κ2) is 9.70. The van der Waals surface area contributed by atoms with Gasteiger partial charge in [0.15, 0.2) is 6.61 Å². The predicted octanol–water partition coefficient (Wildman–Crippen LogP) is 2.98. The number of para-hydroxylation sites is 1. The number of anilines is 1. The molecule has 7 heteroatoms. The van der Waals surface area contributed by atoms with Gasteiger partial charge in [-0.15, -0.1) is 0 Å². The highest BCUT2D eigenvalue weighted by Gasteiger charge is 2.35. The molecule has 0 saturated heterocycles. The number of hydrogen-bond donors (Lipinski definition) is 2. The third-order valence-electron chi connectivity index (χ3n) is 5.01. The molecule has 0 bridgehead atoms. The highest BCUT2D eigenvalue weighted by atomic mass is 16.5. The molecule has 0 heterocycles. The Balaban J connectivity index is 1.58. The Hall–Kier alpha value is -3.66. The van der Waals surface area contributed by atoms with Crippen LogP contribution in [0.1, 0.15) is 41.6 Å². The van der Waals surface area contributed by atoms with Crippen LogP contribution in [-0.4, -0.2) is 29.9 Å². The van der Waals surface area contributed by atoms with E-state index in [2.05, 4.69) is 16.7 Å². The van der Waals surface area contributed by atoms with Crippen LogP contribution in [0.15, 0.2) is 54.6 Å². The molecule has 0 unspecified atom stereocenters. The Morgan fingerprint density at radius 2 is 1.63 bits per heavy atom. The second-order valence-corrected chi connectivity index (χ2v) is 7.28. The zero-order valence-electron chi connectivity index (χ0n) is 16.5. The van der Waals surface area contributed by atoms with Gasteiger partial charge >= 0.3 is 5.97 Å². The van der Waals surface area contributed by atoms with Crippen molar-refractivity contribution in [3.05, 3.63) is 65.7 Å². The maximum atomic E-state index is 12.5. The maximum absolute atomic E-state index is 12.5. The van der Waals surface area contributed by atoms with Crippen LogP contribution in [0.3, 0.4) is 0 Å². The van der Waals surface area contributed by atoms with Gasteiger partial charge in [0.25, 0.3) is 5.91 Å².